The summed E-state index contributed by atoms with van der Waals surface area (Å²) in [6, 6.07) is 11.9. The minimum atomic E-state index is -1.02. The number of benzene rings is 2. The fourth-order valence-corrected chi connectivity index (χ4v) is 3.82. The van der Waals surface area contributed by atoms with Gasteiger partial charge in [0, 0.05) is 6.54 Å². The average Bonchev–Trinajstić information content (AvgIpc) is 3.24. The number of rotatable bonds is 5. The zero-order chi connectivity index (χ0) is 21.3. The van der Waals surface area contributed by atoms with Crippen LogP contribution in [0.15, 0.2) is 42.5 Å². The van der Waals surface area contributed by atoms with Crippen LogP contribution in [0.4, 0.5) is 17.1 Å². The Labute approximate surface area is 174 Å². The topological polar surface area (TPSA) is 97.0 Å². The molecule has 2 aromatic carbocycles. The van der Waals surface area contributed by atoms with Crippen LogP contribution < -0.4 is 20.3 Å². The van der Waals surface area contributed by atoms with E-state index < -0.39 is 18.0 Å². The van der Waals surface area contributed by atoms with Crippen LogP contribution in [0.2, 0.25) is 0 Å². The van der Waals surface area contributed by atoms with Crippen molar-refractivity contribution in [2.75, 3.05) is 29.2 Å². The van der Waals surface area contributed by atoms with E-state index in [1.807, 2.05) is 6.07 Å². The van der Waals surface area contributed by atoms with Gasteiger partial charge in [-0.1, -0.05) is 12.1 Å². The summed E-state index contributed by atoms with van der Waals surface area (Å²) in [6.07, 6.45) is 0.768. The maximum Gasteiger partial charge on any atom is 0.338 e. The molecule has 0 spiro atoms. The molecular formula is C22H23N3O5. The van der Waals surface area contributed by atoms with Gasteiger partial charge in [-0.15, -0.1) is 0 Å². The minimum Gasteiger partial charge on any atom is -0.495 e. The first-order valence-electron chi connectivity index (χ1n) is 9.84. The van der Waals surface area contributed by atoms with Gasteiger partial charge in [-0.25, -0.2) is 4.79 Å². The van der Waals surface area contributed by atoms with Gasteiger partial charge >= 0.3 is 5.97 Å². The number of carbonyl (C=O) groups excluding carboxylic acids is 3. The Morgan fingerprint density at radius 1 is 1.23 bits per heavy atom. The first-order chi connectivity index (χ1) is 14.5. The van der Waals surface area contributed by atoms with E-state index in [0.29, 0.717) is 17.1 Å². The fourth-order valence-electron chi connectivity index (χ4n) is 3.82. The van der Waals surface area contributed by atoms with Crippen molar-refractivity contribution in [1.29, 1.82) is 0 Å². The molecule has 0 unspecified atom stereocenters. The van der Waals surface area contributed by atoms with Gasteiger partial charge in [0.25, 0.3) is 5.91 Å². The highest BCUT2D eigenvalue weighted by Gasteiger charge is 2.36. The fraction of sp³-hybridized carbons (Fsp3) is 0.318. The molecule has 2 heterocycles. The van der Waals surface area contributed by atoms with Gasteiger partial charge in [-0.2, -0.15) is 0 Å². The summed E-state index contributed by atoms with van der Waals surface area (Å²) in [5.74, 6) is -0.664. The number of amides is 2. The van der Waals surface area contributed by atoms with Crippen molar-refractivity contribution in [3.05, 3.63) is 48.0 Å². The van der Waals surface area contributed by atoms with Crippen LogP contribution >= 0.6 is 0 Å². The number of methoxy groups -OCH3 is 1. The molecule has 30 heavy (non-hydrogen) atoms. The smallest absolute Gasteiger partial charge is 0.338 e. The lowest BCUT2D eigenvalue weighted by atomic mass is 10.1. The number of esters is 1. The van der Waals surface area contributed by atoms with Crippen molar-refractivity contribution < 1.29 is 23.9 Å². The van der Waals surface area contributed by atoms with Crippen LogP contribution in [0.3, 0.4) is 0 Å². The molecule has 156 valence electrons. The Hall–Kier alpha value is -3.55. The first-order valence-corrected chi connectivity index (χ1v) is 9.84. The highest BCUT2D eigenvalue weighted by Crippen LogP contribution is 2.37. The molecule has 1 fully saturated rings. The molecule has 2 aliphatic rings. The third-order valence-electron chi connectivity index (χ3n) is 5.37. The Kier molecular flexibility index (Phi) is 5.31. The lowest BCUT2D eigenvalue weighted by molar-refractivity contribution is -0.123. The summed E-state index contributed by atoms with van der Waals surface area (Å²) in [7, 11) is 1.51. The summed E-state index contributed by atoms with van der Waals surface area (Å²) in [5.41, 5.74) is 2.24. The summed E-state index contributed by atoms with van der Waals surface area (Å²) in [4.78, 5) is 39.4. The van der Waals surface area contributed by atoms with E-state index in [1.165, 1.54) is 14.0 Å². The highest BCUT2D eigenvalue weighted by atomic mass is 16.5. The number of para-hydroxylation sites is 2. The molecule has 8 nitrogen and oxygen atoms in total. The molecule has 4 rings (SSSR count). The molecule has 0 aliphatic carbocycles. The Balaban J connectivity index is 1.44. The number of ether oxygens (including phenoxy) is 2. The van der Waals surface area contributed by atoms with E-state index in [9.17, 15) is 14.4 Å². The number of hydrogen-bond acceptors (Lipinski definition) is 6. The van der Waals surface area contributed by atoms with Crippen LogP contribution in [0.1, 0.15) is 30.1 Å². The molecule has 2 N–H and O–H groups in total. The van der Waals surface area contributed by atoms with Crippen molar-refractivity contribution >= 4 is 34.8 Å². The molecule has 0 saturated carbocycles. The Bertz CT molecular complexity index is 1010. The molecule has 8 heteroatoms. The second-order valence-corrected chi connectivity index (χ2v) is 7.31. The zero-order valence-electron chi connectivity index (χ0n) is 16.8. The summed E-state index contributed by atoms with van der Waals surface area (Å²) >= 11 is 0. The van der Waals surface area contributed by atoms with Crippen LogP contribution in [-0.2, 0) is 14.3 Å². The van der Waals surface area contributed by atoms with Crippen molar-refractivity contribution in [3.63, 3.8) is 0 Å². The van der Waals surface area contributed by atoms with Crippen molar-refractivity contribution in [2.45, 2.75) is 31.9 Å². The standard InChI is InChI=1S/C22H23N3O5/c1-13(20(26)23-15-6-3-4-8-19(15)29-2)30-22(28)14-9-10-17-16(12-14)24-21(27)18-7-5-11-25(17)18/h3-4,6,8-10,12-13,18H,5,7,11H2,1-2H3,(H,23,26)(H,24,27)/t13-,18+/m0/s1. The molecule has 2 aliphatic heterocycles. The molecule has 2 atom stereocenters. The largest absolute Gasteiger partial charge is 0.495 e. The number of hydrogen-bond donors (Lipinski definition) is 2. The van der Waals surface area contributed by atoms with Gasteiger partial charge in [-0.05, 0) is 50.1 Å². The van der Waals surface area contributed by atoms with Crippen LogP contribution in [0, 0.1) is 0 Å². The second-order valence-electron chi connectivity index (χ2n) is 7.31. The van der Waals surface area contributed by atoms with Gasteiger partial charge in [0.1, 0.15) is 11.8 Å². The molecule has 0 aromatic heterocycles. The van der Waals surface area contributed by atoms with Crippen LogP contribution in [-0.4, -0.2) is 43.6 Å². The minimum absolute atomic E-state index is 0.0601. The van der Waals surface area contributed by atoms with Crippen molar-refractivity contribution in [3.8, 4) is 5.75 Å². The summed E-state index contributed by atoms with van der Waals surface area (Å²) in [5, 5.41) is 5.56. The Morgan fingerprint density at radius 3 is 2.83 bits per heavy atom. The van der Waals surface area contributed by atoms with Crippen molar-refractivity contribution in [2.24, 2.45) is 0 Å². The number of nitrogens with zero attached hydrogens (tertiary/aromatic N) is 1. The molecule has 1 saturated heterocycles. The third-order valence-corrected chi connectivity index (χ3v) is 5.37. The van der Waals surface area contributed by atoms with E-state index in [2.05, 4.69) is 15.5 Å². The molecule has 0 radical (unpaired) electrons. The maximum atomic E-state index is 12.6. The van der Waals surface area contributed by atoms with Gasteiger partial charge in [0.15, 0.2) is 6.10 Å². The van der Waals surface area contributed by atoms with E-state index >= 15 is 0 Å². The summed E-state index contributed by atoms with van der Waals surface area (Å²) in [6.45, 7) is 2.31. The average molecular weight is 409 g/mol. The van der Waals surface area contributed by atoms with Gasteiger partial charge < -0.3 is 25.0 Å². The number of nitrogens with one attached hydrogen (secondary N) is 2. The lowest BCUT2D eigenvalue weighted by Crippen LogP contribution is -2.43. The molecule has 2 aromatic rings. The van der Waals surface area contributed by atoms with Gasteiger partial charge in [-0.3, -0.25) is 9.59 Å². The second kappa shape index (κ2) is 8.06. The van der Waals surface area contributed by atoms with Crippen LogP contribution in [0.5, 0.6) is 5.75 Å². The quantitative estimate of drug-likeness (QED) is 0.737. The van der Waals surface area contributed by atoms with E-state index in [1.54, 1.807) is 36.4 Å². The number of fused-ring (bicyclic) bond motifs is 3. The van der Waals surface area contributed by atoms with E-state index in [4.69, 9.17) is 9.47 Å². The van der Waals surface area contributed by atoms with Gasteiger partial charge in [0.05, 0.1) is 29.7 Å². The van der Waals surface area contributed by atoms with E-state index in [-0.39, 0.29) is 17.5 Å². The monoisotopic (exact) mass is 409 g/mol. The number of anilines is 3. The predicted molar refractivity (Wildman–Crippen MR) is 112 cm³/mol. The van der Waals surface area contributed by atoms with E-state index in [0.717, 1.165) is 25.1 Å². The third kappa shape index (κ3) is 3.68. The van der Waals surface area contributed by atoms with Gasteiger partial charge in [0.2, 0.25) is 5.91 Å². The first kappa shape index (κ1) is 19.8. The molecular weight excluding hydrogens is 386 g/mol. The van der Waals surface area contributed by atoms with Crippen molar-refractivity contribution in [1.82, 2.24) is 0 Å². The zero-order valence-corrected chi connectivity index (χ0v) is 16.8. The molecule has 2 amide bonds. The highest BCUT2D eigenvalue weighted by molar-refractivity contribution is 6.06. The summed E-state index contributed by atoms with van der Waals surface area (Å²) < 4.78 is 10.5. The molecule has 0 bridgehead atoms. The Morgan fingerprint density at radius 2 is 2.03 bits per heavy atom. The SMILES string of the molecule is COc1ccccc1NC(=O)[C@H](C)OC(=O)c1ccc2c(c1)NC(=O)[C@H]1CCCN21. The maximum absolute atomic E-state index is 12.6. The van der Waals surface area contributed by atoms with Crippen LogP contribution in [0.25, 0.3) is 0 Å². The predicted octanol–water partition coefficient (Wildman–Crippen LogP) is 2.80. The number of carbonyl (C=O) groups is 3. The lowest BCUT2D eigenvalue weighted by Gasteiger charge is -2.33. The normalized spacial score (nSPS) is 18.0.